The van der Waals surface area contributed by atoms with Crippen molar-refractivity contribution in [2.24, 2.45) is 0 Å². The van der Waals surface area contributed by atoms with Crippen LogP contribution in [0.25, 0.3) is 0 Å². The lowest BCUT2D eigenvalue weighted by molar-refractivity contribution is -0.135. The smallest absolute Gasteiger partial charge is 0.338 e. The summed E-state index contributed by atoms with van der Waals surface area (Å²) in [6, 6.07) is 11.8. The molecule has 1 aliphatic heterocycles. The van der Waals surface area contributed by atoms with Crippen LogP contribution in [0.1, 0.15) is 34.8 Å². The number of benzene rings is 2. The average molecular weight is 384 g/mol. The molecule has 148 valence electrons. The maximum absolute atomic E-state index is 12.7. The number of carbonyl (C=O) groups excluding carboxylic acids is 2. The molecule has 0 aliphatic carbocycles. The number of hydrogen-bond donors (Lipinski definition) is 1. The van der Waals surface area contributed by atoms with Crippen molar-refractivity contribution in [3.05, 3.63) is 53.6 Å². The van der Waals surface area contributed by atoms with Crippen molar-refractivity contribution in [3.8, 4) is 11.5 Å². The maximum atomic E-state index is 12.7. The summed E-state index contributed by atoms with van der Waals surface area (Å²) in [6.07, 6.45) is 1.67. The van der Waals surface area contributed by atoms with E-state index in [9.17, 15) is 9.59 Å². The second-order valence-electron chi connectivity index (χ2n) is 6.55. The number of nitrogen functional groups attached to an aromatic ring is 1. The first kappa shape index (κ1) is 19.5. The summed E-state index contributed by atoms with van der Waals surface area (Å²) in [6.45, 7) is 0.287. The van der Waals surface area contributed by atoms with E-state index in [0.29, 0.717) is 29.3 Å². The Morgan fingerprint density at radius 3 is 2.54 bits per heavy atom. The Balaban J connectivity index is 1.69. The summed E-state index contributed by atoms with van der Waals surface area (Å²) >= 11 is 0. The Morgan fingerprint density at radius 1 is 1.11 bits per heavy atom. The molecule has 28 heavy (non-hydrogen) atoms. The van der Waals surface area contributed by atoms with Gasteiger partial charge in [0.1, 0.15) is 11.5 Å². The van der Waals surface area contributed by atoms with Gasteiger partial charge in [-0.3, -0.25) is 4.79 Å². The maximum Gasteiger partial charge on any atom is 0.338 e. The van der Waals surface area contributed by atoms with E-state index in [2.05, 4.69) is 0 Å². The largest absolute Gasteiger partial charge is 0.497 e. The minimum absolute atomic E-state index is 0.146. The second kappa shape index (κ2) is 8.65. The van der Waals surface area contributed by atoms with Crippen LogP contribution in [-0.4, -0.2) is 44.1 Å². The molecular formula is C21H24N2O5. The van der Waals surface area contributed by atoms with Crippen LogP contribution in [0.15, 0.2) is 42.5 Å². The van der Waals surface area contributed by atoms with Gasteiger partial charge in [0.05, 0.1) is 25.8 Å². The molecule has 2 N–H and O–H groups in total. The summed E-state index contributed by atoms with van der Waals surface area (Å²) in [5.74, 6) is 0.605. The summed E-state index contributed by atoms with van der Waals surface area (Å²) in [5, 5.41) is 0. The van der Waals surface area contributed by atoms with E-state index >= 15 is 0 Å². The minimum atomic E-state index is -0.553. The van der Waals surface area contributed by atoms with Crippen molar-refractivity contribution in [1.29, 1.82) is 0 Å². The van der Waals surface area contributed by atoms with Crippen molar-refractivity contribution in [3.63, 3.8) is 0 Å². The third-order valence-corrected chi connectivity index (χ3v) is 4.84. The molecule has 1 heterocycles. The molecule has 2 aromatic carbocycles. The van der Waals surface area contributed by atoms with Gasteiger partial charge >= 0.3 is 5.97 Å². The molecule has 1 atom stereocenters. The van der Waals surface area contributed by atoms with E-state index in [1.807, 2.05) is 18.2 Å². The van der Waals surface area contributed by atoms with Crippen LogP contribution in [0.4, 0.5) is 5.69 Å². The highest BCUT2D eigenvalue weighted by atomic mass is 16.5. The van der Waals surface area contributed by atoms with E-state index in [1.54, 1.807) is 43.4 Å². The highest BCUT2D eigenvalue weighted by Gasteiger charge is 2.32. The number of rotatable bonds is 6. The van der Waals surface area contributed by atoms with E-state index in [0.717, 1.165) is 18.4 Å². The van der Waals surface area contributed by atoms with E-state index in [-0.39, 0.29) is 18.6 Å². The normalized spacial score (nSPS) is 15.9. The second-order valence-corrected chi connectivity index (χ2v) is 6.55. The van der Waals surface area contributed by atoms with Crippen molar-refractivity contribution in [2.75, 3.05) is 33.1 Å². The van der Waals surface area contributed by atoms with Gasteiger partial charge in [-0.2, -0.15) is 0 Å². The van der Waals surface area contributed by atoms with Crippen LogP contribution < -0.4 is 15.2 Å². The lowest BCUT2D eigenvalue weighted by Gasteiger charge is -2.26. The molecule has 7 heteroatoms. The molecule has 0 aromatic heterocycles. The number of carbonyl (C=O) groups is 2. The standard InChI is InChI=1S/C21H24N2O5/c1-26-16-9-10-19(27-2)17(12-16)18-4-3-11-23(18)20(24)13-28-21(25)14-5-7-15(22)8-6-14/h5-10,12,18H,3-4,11,13,22H2,1-2H3/t18-/m0/s1. The van der Waals surface area contributed by atoms with Crippen LogP contribution in [0.5, 0.6) is 11.5 Å². The quantitative estimate of drug-likeness (QED) is 0.608. The zero-order valence-electron chi connectivity index (χ0n) is 16.0. The third-order valence-electron chi connectivity index (χ3n) is 4.84. The van der Waals surface area contributed by atoms with Gasteiger partial charge in [-0.1, -0.05) is 0 Å². The van der Waals surface area contributed by atoms with Gasteiger partial charge in [-0.15, -0.1) is 0 Å². The SMILES string of the molecule is COc1ccc(OC)c([C@@H]2CCCN2C(=O)COC(=O)c2ccc(N)cc2)c1. The predicted molar refractivity (Wildman–Crippen MR) is 104 cm³/mol. The summed E-state index contributed by atoms with van der Waals surface area (Å²) in [4.78, 5) is 26.6. The number of nitrogens with two attached hydrogens (primary N) is 1. The predicted octanol–water partition coefficient (Wildman–Crippen LogP) is 2.81. The molecule has 3 rings (SSSR count). The minimum Gasteiger partial charge on any atom is -0.497 e. The van der Waals surface area contributed by atoms with Gasteiger partial charge < -0.3 is 24.8 Å². The molecular weight excluding hydrogens is 360 g/mol. The zero-order valence-corrected chi connectivity index (χ0v) is 16.0. The van der Waals surface area contributed by atoms with Crippen molar-refractivity contribution in [2.45, 2.75) is 18.9 Å². The van der Waals surface area contributed by atoms with Crippen molar-refractivity contribution >= 4 is 17.6 Å². The average Bonchev–Trinajstić information content (AvgIpc) is 3.21. The summed E-state index contributed by atoms with van der Waals surface area (Å²) in [7, 11) is 3.20. The Labute approximate surface area is 164 Å². The van der Waals surface area contributed by atoms with Crippen LogP contribution >= 0.6 is 0 Å². The molecule has 0 unspecified atom stereocenters. The number of methoxy groups -OCH3 is 2. The first-order chi connectivity index (χ1) is 13.5. The van der Waals surface area contributed by atoms with E-state index in [1.165, 1.54) is 0 Å². The Kier molecular flexibility index (Phi) is 6.03. The number of nitrogens with zero attached hydrogens (tertiary/aromatic N) is 1. The zero-order chi connectivity index (χ0) is 20.1. The number of ether oxygens (including phenoxy) is 3. The fourth-order valence-electron chi connectivity index (χ4n) is 3.40. The van der Waals surface area contributed by atoms with Gasteiger partial charge in [0, 0.05) is 17.8 Å². The third kappa shape index (κ3) is 4.19. The first-order valence-corrected chi connectivity index (χ1v) is 9.07. The lowest BCUT2D eigenvalue weighted by atomic mass is 10.0. The Hall–Kier alpha value is -3.22. The molecule has 0 spiro atoms. The van der Waals surface area contributed by atoms with Gasteiger partial charge in [0.15, 0.2) is 6.61 Å². The summed E-state index contributed by atoms with van der Waals surface area (Å²) < 4.78 is 16.0. The molecule has 2 aromatic rings. The fourth-order valence-corrected chi connectivity index (χ4v) is 3.40. The Morgan fingerprint density at radius 2 is 1.86 bits per heavy atom. The highest BCUT2D eigenvalue weighted by Crippen LogP contribution is 2.38. The molecule has 0 bridgehead atoms. The van der Waals surface area contributed by atoms with Gasteiger partial charge in [0.25, 0.3) is 5.91 Å². The number of hydrogen-bond acceptors (Lipinski definition) is 6. The number of likely N-dealkylation sites (tertiary alicyclic amines) is 1. The van der Waals surface area contributed by atoms with Crippen LogP contribution in [-0.2, 0) is 9.53 Å². The number of anilines is 1. The summed E-state index contributed by atoms with van der Waals surface area (Å²) in [5.41, 5.74) is 7.41. The Bertz CT molecular complexity index is 850. The monoisotopic (exact) mass is 384 g/mol. The number of amides is 1. The van der Waals surface area contributed by atoms with Crippen molar-refractivity contribution < 1.29 is 23.8 Å². The van der Waals surface area contributed by atoms with Gasteiger partial charge in [-0.25, -0.2) is 4.79 Å². The lowest BCUT2D eigenvalue weighted by Crippen LogP contribution is -2.34. The van der Waals surface area contributed by atoms with Crippen LogP contribution in [0.2, 0.25) is 0 Å². The molecule has 1 amide bonds. The van der Waals surface area contributed by atoms with E-state index < -0.39 is 5.97 Å². The first-order valence-electron chi connectivity index (χ1n) is 9.07. The fraction of sp³-hybridized carbons (Fsp3) is 0.333. The molecule has 1 fully saturated rings. The topological polar surface area (TPSA) is 91.1 Å². The molecule has 1 saturated heterocycles. The highest BCUT2D eigenvalue weighted by molar-refractivity contribution is 5.91. The van der Waals surface area contributed by atoms with E-state index in [4.69, 9.17) is 19.9 Å². The van der Waals surface area contributed by atoms with Gasteiger partial charge in [0.2, 0.25) is 0 Å². The molecule has 0 radical (unpaired) electrons. The van der Waals surface area contributed by atoms with Crippen molar-refractivity contribution in [1.82, 2.24) is 4.90 Å². The molecule has 7 nitrogen and oxygen atoms in total. The number of esters is 1. The molecule has 0 saturated carbocycles. The van der Waals surface area contributed by atoms with Crippen LogP contribution in [0, 0.1) is 0 Å². The van der Waals surface area contributed by atoms with Crippen LogP contribution in [0.3, 0.4) is 0 Å². The molecule has 1 aliphatic rings. The van der Waals surface area contributed by atoms with Gasteiger partial charge in [-0.05, 0) is 55.3 Å².